The summed E-state index contributed by atoms with van der Waals surface area (Å²) < 4.78 is 0. The summed E-state index contributed by atoms with van der Waals surface area (Å²) in [6.45, 7) is 17.2. The van der Waals surface area contributed by atoms with E-state index in [9.17, 15) is 0 Å². The van der Waals surface area contributed by atoms with Gasteiger partial charge < -0.3 is 0 Å². The molecule has 0 unspecified atom stereocenters. The quantitative estimate of drug-likeness (QED) is 0.688. The second-order valence-corrected chi connectivity index (χ2v) is 6.96. The maximum atomic E-state index is 4.67. The fraction of sp³-hybridized carbons (Fsp3) is 0.615. The van der Waals surface area contributed by atoms with E-state index in [0.717, 1.165) is 5.01 Å². The van der Waals surface area contributed by atoms with Gasteiger partial charge >= 0.3 is 0 Å². The van der Waals surface area contributed by atoms with Gasteiger partial charge in [-0.3, -0.25) is 0 Å². The molecule has 1 aromatic heterocycles. The summed E-state index contributed by atoms with van der Waals surface area (Å²) in [5.74, 6) is 0. The topological polar surface area (TPSA) is 12.9 Å². The number of nitrogens with zero attached hydrogens (tertiary/aromatic N) is 1. The predicted molar refractivity (Wildman–Crippen MR) is 69.6 cm³/mol. The Morgan fingerprint density at radius 3 is 1.87 bits per heavy atom. The van der Waals surface area contributed by atoms with Gasteiger partial charge in [-0.2, -0.15) is 0 Å². The molecule has 0 atom stereocenters. The first-order valence-electron chi connectivity index (χ1n) is 5.30. The van der Waals surface area contributed by atoms with Crippen molar-refractivity contribution in [1.82, 2.24) is 4.98 Å². The normalized spacial score (nSPS) is 12.9. The van der Waals surface area contributed by atoms with Crippen LogP contribution < -0.4 is 0 Å². The summed E-state index contributed by atoms with van der Waals surface area (Å²) in [6.07, 6.45) is 1.84. The van der Waals surface area contributed by atoms with Gasteiger partial charge in [-0.15, -0.1) is 11.3 Å². The predicted octanol–water partition coefficient (Wildman–Crippen LogP) is 4.38. The maximum Gasteiger partial charge on any atom is 0.116 e. The molecule has 0 bridgehead atoms. The van der Waals surface area contributed by atoms with Gasteiger partial charge in [0, 0.05) is 10.3 Å². The molecule has 0 amide bonds. The van der Waals surface area contributed by atoms with E-state index in [1.807, 2.05) is 6.08 Å². The largest absolute Gasteiger partial charge is 0.241 e. The van der Waals surface area contributed by atoms with Crippen LogP contribution in [0.3, 0.4) is 0 Å². The Bertz CT molecular complexity index is 329. The molecule has 0 aliphatic rings. The second-order valence-electron chi connectivity index (χ2n) is 5.93. The van der Waals surface area contributed by atoms with E-state index < -0.39 is 0 Å². The van der Waals surface area contributed by atoms with Crippen molar-refractivity contribution in [2.45, 2.75) is 52.4 Å². The van der Waals surface area contributed by atoms with Gasteiger partial charge in [-0.25, -0.2) is 4.98 Å². The molecule has 2 heteroatoms. The molecule has 0 saturated heterocycles. The van der Waals surface area contributed by atoms with Gasteiger partial charge in [-0.1, -0.05) is 48.1 Å². The number of hydrogen-bond donors (Lipinski definition) is 0. The van der Waals surface area contributed by atoms with E-state index in [2.05, 4.69) is 53.1 Å². The van der Waals surface area contributed by atoms with Gasteiger partial charge in [0.25, 0.3) is 0 Å². The van der Waals surface area contributed by atoms with E-state index in [1.54, 1.807) is 11.3 Å². The highest BCUT2D eigenvalue weighted by atomic mass is 32.1. The van der Waals surface area contributed by atoms with E-state index in [4.69, 9.17) is 0 Å². The van der Waals surface area contributed by atoms with Crippen molar-refractivity contribution < 1.29 is 0 Å². The van der Waals surface area contributed by atoms with Crippen LogP contribution in [-0.2, 0) is 10.8 Å². The third kappa shape index (κ3) is 2.69. The molecule has 0 aliphatic heterocycles. The van der Waals surface area contributed by atoms with Crippen LogP contribution in [0.2, 0.25) is 0 Å². The molecule has 84 valence electrons. The Morgan fingerprint density at radius 1 is 1.07 bits per heavy atom. The Balaban J connectivity index is 3.37. The minimum Gasteiger partial charge on any atom is -0.241 e. The van der Waals surface area contributed by atoms with Crippen molar-refractivity contribution in [2.75, 3.05) is 0 Å². The molecule has 1 rings (SSSR count). The van der Waals surface area contributed by atoms with Crippen LogP contribution in [0.15, 0.2) is 6.58 Å². The summed E-state index contributed by atoms with van der Waals surface area (Å²) in [4.78, 5) is 6.05. The first-order valence-corrected chi connectivity index (χ1v) is 6.12. The fourth-order valence-corrected chi connectivity index (χ4v) is 2.62. The molecule has 0 aromatic carbocycles. The lowest BCUT2D eigenvalue weighted by molar-refractivity contribution is 0.527. The molecular weight excluding hydrogens is 202 g/mol. The Hall–Kier alpha value is -0.630. The fourth-order valence-electron chi connectivity index (χ4n) is 1.44. The molecule has 0 radical (unpaired) electrons. The van der Waals surface area contributed by atoms with Crippen LogP contribution in [0.1, 0.15) is 57.1 Å². The van der Waals surface area contributed by atoms with Crippen LogP contribution >= 0.6 is 11.3 Å². The highest BCUT2D eigenvalue weighted by Gasteiger charge is 2.29. The van der Waals surface area contributed by atoms with Gasteiger partial charge in [0.1, 0.15) is 5.01 Å². The summed E-state index contributed by atoms with van der Waals surface area (Å²) in [7, 11) is 0. The standard InChI is InChI=1S/C13H21NS/c1-8-9-14-10(12(2,3)4)11(15-9)13(5,6)7/h8H,1H2,2-7H3. The monoisotopic (exact) mass is 223 g/mol. The van der Waals surface area contributed by atoms with Crippen LogP contribution in [-0.4, -0.2) is 4.98 Å². The molecular formula is C13H21NS. The summed E-state index contributed by atoms with van der Waals surface area (Å²) in [6, 6.07) is 0. The van der Waals surface area contributed by atoms with Crippen LogP contribution in [0.4, 0.5) is 0 Å². The van der Waals surface area contributed by atoms with Gasteiger partial charge in [0.2, 0.25) is 0 Å². The lowest BCUT2D eigenvalue weighted by Crippen LogP contribution is -2.20. The average Bonchev–Trinajstić information content (AvgIpc) is 2.44. The maximum absolute atomic E-state index is 4.67. The molecule has 0 N–H and O–H groups in total. The van der Waals surface area contributed by atoms with Crippen LogP contribution in [0.5, 0.6) is 0 Å². The van der Waals surface area contributed by atoms with Gasteiger partial charge in [0.15, 0.2) is 0 Å². The van der Waals surface area contributed by atoms with Gasteiger partial charge in [-0.05, 0) is 11.5 Å². The molecule has 0 spiro atoms. The molecule has 0 aliphatic carbocycles. The third-order valence-corrected chi connectivity index (χ3v) is 3.69. The number of hydrogen-bond acceptors (Lipinski definition) is 2. The molecule has 0 saturated carbocycles. The molecule has 1 nitrogen and oxygen atoms in total. The molecule has 1 aromatic rings. The van der Waals surface area contributed by atoms with Crippen molar-refractivity contribution in [1.29, 1.82) is 0 Å². The Labute approximate surface area is 97.3 Å². The highest BCUT2D eigenvalue weighted by molar-refractivity contribution is 7.12. The molecule has 0 fully saturated rings. The van der Waals surface area contributed by atoms with E-state index in [1.165, 1.54) is 10.6 Å². The van der Waals surface area contributed by atoms with Crippen molar-refractivity contribution >= 4 is 17.4 Å². The molecule has 1 heterocycles. The Morgan fingerprint density at radius 2 is 1.60 bits per heavy atom. The first-order chi connectivity index (χ1) is 6.66. The number of aromatic nitrogens is 1. The number of rotatable bonds is 1. The third-order valence-electron chi connectivity index (χ3n) is 2.21. The summed E-state index contributed by atoms with van der Waals surface area (Å²) in [5, 5.41) is 1.03. The minimum absolute atomic E-state index is 0.111. The van der Waals surface area contributed by atoms with E-state index >= 15 is 0 Å². The van der Waals surface area contributed by atoms with Crippen molar-refractivity contribution in [3.63, 3.8) is 0 Å². The van der Waals surface area contributed by atoms with Gasteiger partial charge in [0.05, 0.1) is 5.69 Å². The smallest absolute Gasteiger partial charge is 0.116 e. The van der Waals surface area contributed by atoms with Crippen LogP contribution in [0.25, 0.3) is 6.08 Å². The molecule has 15 heavy (non-hydrogen) atoms. The van der Waals surface area contributed by atoms with E-state index in [0.29, 0.717) is 0 Å². The number of thiazole rings is 1. The second kappa shape index (κ2) is 3.75. The SMILES string of the molecule is C=Cc1nc(C(C)(C)C)c(C(C)(C)C)s1. The zero-order valence-electron chi connectivity index (χ0n) is 10.6. The average molecular weight is 223 g/mol. The van der Waals surface area contributed by atoms with Crippen molar-refractivity contribution in [2.24, 2.45) is 0 Å². The lowest BCUT2D eigenvalue weighted by Gasteiger charge is -2.24. The summed E-state index contributed by atoms with van der Waals surface area (Å²) in [5.41, 5.74) is 1.50. The lowest BCUT2D eigenvalue weighted by atomic mass is 9.84. The Kier molecular flexibility index (Phi) is 3.11. The first kappa shape index (κ1) is 12.4. The minimum atomic E-state index is 0.111. The highest BCUT2D eigenvalue weighted by Crippen LogP contribution is 2.37. The van der Waals surface area contributed by atoms with Crippen molar-refractivity contribution in [3.8, 4) is 0 Å². The van der Waals surface area contributed by atoms with E-state index in [-0.39, 0.29) is 10.8 Å². The zero-order valence-corrected chi connectivity index (χ0v) is 11.5. The zero-order chi connectivity index (χ0) is 11.9. The van der Waals surface area contributed by atoms with Crippen LogP contribution in [0, 0.1) is 0 Å². The summed E-state index contributed by atoms with van der Waals surface area (Å²) >= 11 is 1.76. The van der Waals surface area contributed by atoms with Crippen molar-refractivity contribution in [3.05, 3.63) is 22.2 Å².